The van der Waals surface area contributed by atoms with Crippen LogP contribution in [0.5, 0.6) is 5.75 Å². The number of carbonyl (C=O) groups is 1. The van der Waals surface area contributed by atoms with Gasteiger partial charge in [0, 0.05) is 18.7 Å². The van der Waals surface area contributed by atoms with Crippen LogP contribution in [0.25, 0.3) is 0 Å². The Morgan fingerprint density at radius 1 is 1.28 bits per heavy atom. The number of benzene rings is 1. The van der Waals surface area contributed by atoms with Crippen molar-refractivity contribution in [3.8, 4) is 5.75 Å². The Morgan fingerprint density at radius 3 is 2.72 bits per heavy atom. The highest BCUT2D eigenvalue weighted by atomic mass is 16.5. The van der Waals surface area contributed by atoms with Crippen molar-refractivity contribution in [3.63, 3.8) is 0 Å². The molecule has 1 aromatic carbocycles. The number of hydrogen-bond acceptors (Lipinski definition) is 4. The highest BCUT2D eigenvalue weighted by Gasteiger charge is 2.34. The Balaban J connectivity index is 1.63. The Hall–Kier alpha value is -1.59. The third-order valence-corrected chi connectivity index (χ3v) is 6.68. The summed E-state index contributed by atoms with van der Waals surface area (Å²) in [5.41, 5.74) is 3.00. The second-order valence-electron chi connectivity index (χ2n) is 8.75. The number of nitrogens with zero attached hydrogens (tertiary/aromatic N) is 2. The topological polar surface area (TPSA) is 44.8 Å². The third-order valence-electron chi connectivity index (χ3n) is 6.68. The predicted molar refractivity (Wildman–Crippen MR) is 118 cm³/mol. The minimum Gasteiger partial charge on any atom is -0.494 e. The number of amides is 1. The molecular formula is C24H39N3O2. The molecular weight excluding hydrogens is 362 g/mol. The van der Waals surface area contributed by atoms with E-state index in [9.17, 15) is 4.79 Å². The third kappa shape index (κ3) is 5.32. The smallest absolute Gasteiger partial charge is 0.269 e. The van der Waals surface area contributed by atoms with Crippen LogP contribution in [0, 0.1) is 12.8 Å². The number of aryl methyl sites for hydroxylation is 1. The molecule has 1 amide bonds. The normalized spacial score (nSPS) is 18.4. The number of carbonyl (C=O) groups excluding carboxylic acids is 1. The van der Waals surface area contributed by atoms with Gasteiger partial charge in [-0.15, -0.1) is 0 Å². The largest absolute Gasteiger partial charge is 0.494 e. The zero-order chi connectivity index (χ0) is 20.8. The van der Waals surface area contributed by atoms with E-state index in [0.717, 1.165) is 67.3 Å². The standard InChI is InChI=1S/C24H39N3O2/c1-5-7-8-21(6-2)26(4)27-17-20-16-22(15-18(3)23(20)24(27)28)29-14-11-19-9-12-25-13-10-19/h15-16,19,21,25H,5-14,17H2,1-4H3. The van der Waals surface area contributed by atoms with Crippen LogP contribution >= 0.6 is 0 Å². The molecule has 2 aliphatic heterocycles. The lowest BCUT2D eigenvalue weighted by Crippen LogP contribution is -2.46. The van der Waals surface area contributed by atoms with E-state index in [0.29, 0.717) is 12.6 Å². The summed E-state index contributed by atoms with van der Waals surface area (Å²) in [7, 11) is 2.07. The van der Waals surface area contributed by atoms with E-state index in [1.165, 1.54) is 25.7 Å². The van der Waals surface area contributed by atoms with E-state index in [4.69, 9.17) is 4.74 Å². The molecule has 0 bridgehead atoms. The van der Waals surface area contributed by atoms with Gasteiger partial charge < -0.3 is 10.1 Å². The molecule has 1 N–H and O–H groups in total. The zero-order valence-corrected chi connectivity index (χ0v) is 18.8. The van der Waals surface area contributed by atoms with Crippen molar-refractivity contribution in [2.75, 3.05) is 26.7 Å². The highest BCUT2D eigenvalue weighted by Crippen LogP contribution is 2.32. The van der Waals surface area contributed by atoms with Gasteiger partial charge in [-0.25, -0.2) is 5.01 Å². The average molecular weight is 402 g/mol. The van der Waals surface area contributed by atoms with Gasteiger partial charge in [-0.1, -0.05) is 26.7 Å². The summed E-state index contributed by atoms with van der Waals surface area (Å²) in [6.45, 7) is 10.1. The molecule has 0 aromatic heterocycles. The Labute approximate surface area is 176 Å². The second-order valence-corrected chi connectivity index (χ2v) is 8.75. The fourth-order valence-corrected chi connectivity index (χ4v) is 4.76. The monoisotopic (exact) mass is 401 g/mol. The molecule has 0 spiro atoms. The average Bonchev–Trinajstić information content (AvgIpc) is 3.06. The molecule has 5 heteroatoms. The van der Waals surface area contributed by atoms with Crippen LogP contribution in [-0.2, 0) is 6.54 Å². The van der Waals surface area contributed by atoms with Crippen LogP contribution in [0.4, 0.5) is 0 Å². The Morgan fingerprint density at radius 2 is 2.03 bits per heavy atom. The number of fused-ring (bicyclic) bond motifs is 1. The molecule has 1 unspecified atom stereocenters. The van der Waals surface area contributed by atoms with E-state index in [1.54, 1.807) is 0 Å². The van der Waals surface area contributed by atoms with Crippen LogP contribution < -0.4 is 10.1 Å². The second kappa shape index (κ2) is 10.4. The van der Waals surface area contributed by atoms with Crippen molar-refractivity contribution >= 4 is 5.91 Å². The van der Waals surface area contributed by atoms with Gasteiger partial charge in [0.1, 0.15) is 5.75 Å². The molecule has 1 aromatic rings. The lowest BCUT2D eigenvalue weighted by Gasteiger charge is -2.34. The van der Waals surface area contributed by atoms with Crippen molar-refractivity contribution in [2.45, 2.75) is 78.3 Å². The fourth-order valence-electron chi connectivity index (χ4n) is 4.76. The van der Waals surface area contributed by atoms with Gasteiger partial charge in [0.05, 0.1) is 13.2 Å². The number of unbranched alkanes of at least 4 members (excludes halogenated alkanes) is 1. The molecule has 0 radical (unpaired) electrons. The molecule has 5 nitrogen and oxygen atoms in total. The van der Waals surface area contributed by atoms with Crippen LogP contribution in [0.3, 0.4) is 0 Å². The van der Waals surface area contributed by atoms with E-state index in [2.05, 4.69) is 37.3 Å². The van der Waals surface area contributed by atoms with Crippen LogP contribution in [-0.4, -0.2) is 48.7 Å². The Kier molecular flexibility index (Phi) is 7.96. The first-order valence-electron chi connectivity index (χ1n) is 11.6. The minimum absolute atomic E-state index is 0.135. The first-order chi connectivity index (χ1) is 14.0. The van der Waals surface area contributed by atoms with Gasteiger partial charge in [-0.2, -0.15) is 0 Å². The van der Waals surface area contributed by atoms with Gasteiger partial charge in [0.15, 0.2) is 0 Å². The number of hydrogen-bond donors (Lipinski definition) is 1. The summed E-state index contributed by atoms with van der Waals surface area (Å²) < 4.78 is 6.10. The van der Waals surface area contributed by atoms with E-state index >= 15 is 0 Å². The summed E-state index contributed by atoms with van der Waals surface area (Å²) in [5.74, 6) is 1.81. The number of rotatable bonds is 10. The summed E-state index contributed by atoms with van der Waals surface area (Å²) in [6.07, 6.45) is 8.19. The maximum absolute atomic E-state index is 13.1. The maximum Gasteiger partial charge on any atom is 0.269 e. The number of ether oxygens (including phenoxy) is 1. The van der Waals surface area contributed by atoms with E-state index in [1.807, 2.05) is 18.0 Å². The van der Waals surface area contributed by atoms with E-state index in [-0.39, 0.29) is 5.91 Å². The molecule has 29 heavy (non-hydrogen) atoms. The van der Waals surface area contributed by atoms with Crippen molar-refractivity contribution in [2.24, 2.45) is 5.92 Å². The lowest BCUT2D eigenvalue weighted by molar-refractivity contribution is -0.0226. The quantitative estimate of drug-likeness (QED) is 0.625. The van der Waals surface area contributed by atoms with Gasteiger partial charge >= 0.3 is 0 Å². The molecule has 0 aliphatic carbocycles. The molecule has 1 fully saturated rings. The SMILES string of the molecule is CCCCC(CC)N(C)N1Cc2cc(OCCC3CCNCC3)cc(C)c2C1=O. The van der Waals surface area contributed by atoms with Crippen LogP contribution in [0.1, 0.15) is 80.3 Å². The summed E-state index contributed by atoms with van der Waals surface area (Å²) in [4.78, 5) is 13.1. The summed E-state index contributed by atoms with van der Waals surface area (Å²) >= 11 is 0. The van der Waals surface area contributed by atoms with Gasteiger partial charge in [-0.3, -0.25) is 9.80 Å². The van der Waals surface area contributed by atoms with Gasteiger partial charge in [0.2, 0.25) is 0 Å². The summed E-state index contributed by atoms with van der Waals surface area (Å²) in [6, 6.07) is 4.54. The van der Waals surface area contributed by atoms with Crippen molar-refractivity contribution in [1.82, 2.24) is 15.3 Å². The zero-order valence-electron chi connectivity index (χ0n) is 18.8. The van der Waals surface area contributed by atoms with Crippen molar-refractivity contribution in [1.29, 1.82) is 0 Å². The van der Waals surface area contributed by atoms with Crippen molar-refractivity contribution in [3.05, 3.63) is 28.8 Å². The number of hydrazine groups is 1. The first kappa shape index (κ1) is 22.1. The molecule has 3 rings (SSSR count). The summed E-state index contributed by atoms with van der Waals surface area (Å²) in [5, 5.41) is 7.52. The highest BCUT2D eigenvalue weighted by molar-refractivity contribution is 5.99. The fraction of sp³-hybridized carbons (Fsp3) is 0.708. The molecule has 0 saturated carbocycles. The molecule has 162 valence electrons. The lowest BCUT2D eigenvalue weighted by atomic mass is 9.95. The predicted octanol–water partition coefficient (Wildman–Crippen LogP) is 4.53. The number of nitrogens with one attached hydrogen (secondary N) is 1. The molecule has 1 saturated heterocycles. The van der Waals surface area contributed by atoms with Crippen LogP contribution in [0.2, 0.25) is 0 Å². The number of piperidine rings is 1. The molecule has 2 aliphatic rings. The Bertz CT molecular complexity index is 685. The maximum atomic E-state index is 13.1. The van der Waals surface area contributed by atoms with E-state index < -0.39 is 0 Å². The van der Waals surface area contributed by atoms with Gasteiger partial charge in [-0.05, 0) is 81.3 Å². The first-order valence-corrected chi connectivity index (χ1v) is 11.6. The molecule has 2 heterocycles. The molecule has 1 atom stereocenters. The minimum atomic E-state index is 0.135. The van der Waals surface area contributed by atoms with Crippen molar-refractivity contribution < 1.29 is 9.53 Å². The van der Waals surface area contributed by atoms with Crippen LogP contribution in [0.15, 0.2) is 12.1 Å². The van der Waals surface area contributed by atoms with Gasteiger partial charge in [0.25, 0.3) is 5.91 Å².